The summed E-state index contributed by atoms with van der Waals surface area (Å²) in [5, 5.41) is 11.4. The zero-order valence-corrected chi connectivity index (χ0v) is 9.77. The van der Waals surface area contributed by atoms with Gasteiger partial charge in [0.1, 0.15) is 0 Å². The molecule has 1 heterocycles. The molecule has 15 heavy (non-hydrogen) atoms. The van der Waals surface area contributed by atoms with E-state index in [1.54, 1.807) is 0 Å². The number of aryl methyl sites for hydroxylation is 1. The minimum atomic E-state index is 0.405. The van der Waals surface area contributed by atoms with Crippen molar-refractivity contribution in [3.8, 4) is 0 Å². The van der Waals surface area contributed by atoms with Crippen molar-refractivity contribution < 1.29 is 0 Å². The van der Waals surface area contributed by atoms with Crippen LogP contribution in [0.25, 0.3) is 0 Å². The fourth-order valence-corrected chi connectivity index (χ4v) is 2.83. The summed E-state index contributed by atoms with van der Waals surface area (Å²) in [5.74, 6) is 1.53. The molecule has 1 aromatic rings. The molecule has 84 valence electrons. The highest BCUT2D eigenvalue weighted by Gasteiger charge is 2.32. The lowest BCUT2D eigenvalue weighted by atomic mass is 9.88. The van der Waals surface area contributed by atoms with E-state index in [1.165, 1.54) is 25.0 Å². The van der Waals surface area contributed by atoms with Crippen molar-refractivity contribution in [2.45, 2.75) is 32.2 Å². The Morgan fingerprint density at radius 2 is 2.33 bits per heavy atom. The average molecular weight is 208 g/mol. The number of nitrogens with one attached hydrogen (secondary N) is 1. The van der Waals surface area contributed by atoms with Crippen LogP contribution in [-0.2, 0) is 7.05 Å². The quantitative estimate of drug-likeness (QED) is 0.818. The number of hydrogen-bond donors (Lipinski definition) is 1. The maximum absolute atomic E-state index is 4.01. The Hall–Kier alpha value is -0.900. The van der Waals surface area contributed by atoms with Crippen LogP contribution in [-0.4, -0.2) is 22.0 Å². The maximum Gasteiger partial charge on any atom is 0.0756 e. The third-order valence-corrected chi connectivity index (χ3v) is 3.74. The summed E-state index contributed by atoms with van der Waals surface area (Å²) in [5.41, 5.74) is 1.20. The van der Waals surface area contributed by atoms with Gasteiger partial charge < -0.3 is 5.32 Å². The molecule has 0 saturated heterocycles. The summed E-state index contributed by atoms with van der Waals surface area (Å²) in [6.07, 6.45) is 5.91. The first-order chi connectivity index (χ1) is 7.24. The van der Waals surface area contributed by atoms with Crippen molar-refractivity contribution in [2.24, 2.45) is 18.9 Å². The van der Waals surface area contributed by atoms with Crippen LogP contribution in [0.3, 0.4) is 0 Å². The Bertz CT molecular complexity index is 320. The summed E-state index contributed by atoms with van der Waals surface area (Å²) in [6.45, 7) is 2.35. The van der Waals surface area contributed by atoms with Gasteiger partial charge in [-0.25, -0.2) is 0 Å². The lowest BCUT2D eigenvalue weighted by molar-refractivity contribution is 0.303. The molecule has 1 fully saturated rings. The standard InChI is InChI=1S/C11H20N4/c1-8-5-4-6-9(8)11(12-2)10-7-13-14-15(10)3/h7-9,11-12H,4-6H2,1-3H3. The van der Waals surface area contributed by atoms with Gasteiger partial charge in [-0.2, -0.15) is 0 Å². The Morgan fingerprint density at radius 3 is 2.80 bits per heavy atom. The first kappa shape index (κ1) is 10.6. The highest BCUT2D eigenvalue weighted by Crippen LogP contribution is 2.39. The Balaban J connectivity index is 2.20. The largest absolute Gasteiger partial charge is 0.311 e. The molecule has 0 bridgehead atoms. The summed E-state index contributed by atoms with van der Waals surface area (Å²) >= 11 is 0. The van der Waals surface area contributed by atoms with Crippen molar-refractivity contribution >= 4 is 0 Å². The van der Waals surface area contributed by atoms with Gasteiger partial charge >= 0.3 is 0 Å². The maximum atomic E-state index is 4.01. The highest BCUT2D eigenvalue weighted by molar-refractivity contribution is 5.05. The minimum absolute atomic E-state index is 0.405. The van der Waals surface area contributed by atoms with Crippen molar-refractivity contribution in [1.29, 1.82) is 0 Å². The van der Waals surface area contributed by atoms with Gasteiger partial charge in [0.2, 0.25) is 0 Å². The van der Waals surface area contributed by atoms with E-state index in [0.29, 0.717) is 6.04 Å². The molecule has 4 heteroatoms. The molecule has 1 N–H and O–H groups in total. The van der Waals surface area contributed by atoms with Crippen molar-refractivity contribution in [3.05, 3.63) is 11.9 Å². The predicted octanol–water partition coefficient (Wildman–Crippen LogP) is 1.51. The second-order valence-electron chi connectivity index (χ2n) is 4.62. The van der Waals surface area contributed by atoms with E-state index in [0.717, 1.165) is 11.8 Å². The van der Waals surface area contributed by atoms with Gasteiger partial charge in [0, 0.05) is 7.05 Å². The minimum Gasteiger partial charge on any atom is -0.311 e. The first-order valence-electron chi connectivity index (χ1n) is 5.76. The van der Waals surface area contributed by atoms with Gasteiger partial charge in [-0.1, -0.05) is 25.0 Å². The normalized spacial score (nSPS) is 28.2. The van der Waals surface area contributed by atoms with Crippen LogP contribution in [0.5, 0.6) is 0 Å². The van der Waals surface area contributed by atoms with E-state index in [2.05, 4.69) is 22.6 Å². The third kappa shape index (κ3) is 1.91. The van der Waals surface area contributed by atoms with Crippen molar-refractivity contribution in [1.82, 2.24) is 20.3 Å². The molecule has 0 aromatic carbocycles. The van der Waals surface area contributed by atoms with Gasteiger partial charge in [0.05, 0.1) is 17.9 Å². The first-order valence-corrected chi connectivity index (χ1v) is 5.76. The van der Waals surface area contributed by atoms with E-state index in [-0.39, 0.29) is 0 Å². The SMILES string of the molecule is CNC(c1cnnn1C)C1CCCC1C. The average Bonchev–Trinajstić information content (AvgIpc) is 2.80. The summed E-state index contributed by atoms with van der Waals surface area (Å²) in [4.78, 5) is 0. The molecule has 1 aliphatic rings. The zero-order valence-electron chi connectivity index (χ0n) is 9.77. The molecule has 3 unspecified atom stereocenters. The van der Waals surface area contributed by atoms with Gasteiger partial charge in [-0.05, 0) is 25.3 Å². The van der Waals surface area contributed by atoms with E-state index in [9.17, 15) is 0 Å². The molecule has 4 nitrogen and oxygen atoms in total. The van der Waals surface area contributed by atoms with E-state index < -0.39 is 0 Å². The second-order valence-corrected chi connectivity index (χ2v) is 4.62. The van der Waals surface area contributed by atoms with Gasteiger partial charge in [-0.3, -0.25) is 4.68 Å². The smallest absolute Gasteiger partial charge is 0.0756 e. The topological polar surface area (TPSA) is 42.7 Å². The second kappa shape index (κ2) is 4.31. The molecule has 1 saturated carbocycles. The lowest BCUT2D eigenvalue weighted by Crippen LogP contribution is -2.28. The molecule has 1 aromatic heterocycles. The lowest BCUT2D eigenvalue weighted by Gasteiger charge is -2.26. The van der Waals surface area contributed by atoms with Gasteiger partial charge in [0.25, 0.3) is 0 Å². The fourth-order valence-electron chi connectivity index (χ4n) is 2.83. The van der Waals surface area contributed by atoms with Crippen LogP contribution < -0.4 is 5.32 Å². The van der Waals surface area contributed by atoms with Crippen LogP contribution in [0, 0.1) is 11.8 Å². The van der Waals surface area contributed by atoms with E-state index in [4.69, 9.17) is 0 Å². The number of hydrogen-bond acceptors (Lipinski definition) is 3. The van der Waals surface area contributed by atoms with Crippen LogP contribution >= 0.6 is 0 Å². The zero-order chi connectivity index (χ0) is 10.8. The predicted molar refractivity (Wildman–Crippen MR) is 59.3 cm³/mol. The number of nitrogens with zero attached hydrogens (tertiary/aromatic N) is 3. The highest BCUT2D eigenvalue weighted by atomic mass is 15.4. The van der Waals surface area contributed by atoms with Crippen molar-refractivity contribution in [2.75, 3.05) is 7.05 Å². The summed E-state index contributed by atoms with van der Waals surface area (Å²) in [7, 11) is 4.00. The molecule has 3 atom stereocenters. The Kier molecular flexibility index (Phi) is 3.05. The molecular formula is C11H20N4. The van der Waals surface area contributed by atoms with E-state index in [1.807, 2.05) is 25.0 Å². The summed E-state index contributed by atoms with van der Waals surface area (Å²) < 4.78 is 1.88. The Labute approximate surface area is 91.1 Å². The fraction of sp³-hybridized carbons (Fsp3) is 0.818. The molecule has 0 spiro atoms. The molecular weight excluding hydrogens is 188 g/mol. The number of aromatic nitrogens is 3. The number of rotatable bonds is 3. The van der Waals surface area contributed by atoms with Crippen LogP contribution in [0.4, 0.5) is 0 Å². The van der Waals surface area contributed by atoms with Crippen molar-refractivity contribution in [3.63, 3.8) is 0 Å². The van der Waals surface area contributed by atoms with Crippen LogP contribution in [0.15, 0.2) is 6.20 Å². The monoisotopic (exact) mass is 208 g/mol. The summed E-state index contributed by atoms with van der Waals surface area (Å²) in [6, 6.07) is 0.405. The van der Waals surface area contributed by atoms with Gasteiger partial charge in [0.15, 0.2) is 0 Å². The molecule has 1 aliphatic carbocycles. The third-order valence-electron chi connectivity index (χ3n) is 3.74. The van der Waals surface area contributed by atoms with Crippen LogP contribution in [0.1, 0.15) is 37.9 Å². The molecule has 0 radical (unpaired) electrons. The molecule has 0 amide bonds. The van der Waals surface area contributed by atoms with Gasteiger partial charge in [-0.15, -0.1) is 5.10 Å². The molecule has 0 aliphatic heterocycles. The molecule has 2 rings (SSSR count). The van der Waals surface area contributed by atoms with E-state index >= 15 is 0 Å². The van der Waals surface area contributed by atoms with Crippen LogP contribution in [0.2, 0.25) is 0 Å². The Morgan fingerprint density at radius 1 is 1.53 bits per heavy atom.